The van der Waals surface area contributed by atoms with Gasteiger partial charge in [-0.15, -0.1) is 0 Å². The molecule has 0 radical (unpaired) electrons. The molecule has 3 heteroatoms. The monoisotopic (exact) mass is 200 g/mol. The first-order valence-electron chi connectivity index (χ1n) is 5.25. The van der Waals surface area contributed by atoms with E-state index in [0.717, 1.165) is 6.42 Å². The first kappa shape index (κ1) is 11.5. The number of methoxy groups -OCH3 is 1. The van der Waals surface area contributed by atoms with Crippen molar-refractivity contribution in [3.63, 3.8) is 0 Å². The average Bonchev–Trinajstić information content (AvgIpc) is 2.43. The summed E-state index contributed by atoms with van der Waals surface area (Å²) < 4.78 is 4.78. The van der Waals surface area contributed by atoms with Crippen molar-refractivity contribution in [1.29, 1.82) is 0 Å². The number of aliphatic hydroxyl groups is 1. The normalized spacial score (nSPS) is 37.6. The highest BCUT2D eigenvalue weighted by molar-refractivity contribution is 5.73. The van der Waals surface area contributed by atoms with Gasteiger partial charge in [-0.1, -0.05) is 20.8 Å². The van der Waals surface area contributed by atoms with E-state index >= 15 is 0 Å². The van der Waals surface area contributed by atoms with Crippen LogP contribution in [0, 0.1) is 23.7 Å². The molecule has 0 aliphatic heterocycles. The molecule has 1 fully saturated rings. The third kappa shape index (κ3) is 1.92. The van der Waals surface area contributed by atoms with Crippen LogP contribution >= 0.6 is 0 Å². The van der Waals surface area contributed by atoms with Gasteiger partial charge >= 0.3 is 5.97 Å². The van der Waals surface area contributed by atoms with Crippen LogP contribution in [0.25, 0.3) is 0 Å². The molecule has 0 saturated heterocycles. The molecule has 82 valence electrons. The molecule has 0 aromatic carbocycles. The molecule has 0 bridgehead atoms. The van der Waals surface area contributed by atoms with Crippen molar-refractivity contribution in [1.82, 2.24) is 0 Å². The van der Waals surface area contributed by atoms with E-state index in [1.54, 1.807) is 0 Å². The van der Waals surface area contributed by atoms with Crippen LogP contribution in [0.3, 0.4) is 0 Å². The Kier molecular flexibility index (Phi) is 3.53. The number of carbonyl (C=O) groups is 1. The minimum Gasteiger partial charge on any atom is -0.469 e. The summed E-state index contributed by atoms with van der Waals surface area (Å²) >= 11 is 0. The van der Waals surface area contributed by atoms with Gasteiger partial charge in [-0.3, -0.25) is 4.79 Å². The zero-order valence-electron chi connectivity index (χ0n) is 9.36. The highest BCUT2D eigenvalue weighted by Gasteiger charge is 2.45. The fraction of sp³-hybridized carbons (Fsp3) is 0.909. The van der Waals surface area contributed by atoms with Gasteiger partial charge in [0.05, 0.1) is 19.1 Å². The van der Waals surface area contributed by atoms with Gasteiger partial charge in [0.15, 0.2) is 0 Å². The summed E-state index contributed by atoms with van der Waals surface area (Å²) in [6.45, 7) is 6.10. The molecule has 1 rings (SSSR count). The highest BCUT2D eigenvalue weighted by atomic mass is 16.5. The second-order valence-corrected chi connectivity index (χ2v) is 4.62. The van der Waals surface area contributed by atoms with Crippen LogP contribution < -0.4 is 0 Å². The number of ether oxygens (including phenoxy) is 1. The number of rotatable bonds is 2. The SMILES string of the molecule is COC(=O)[C@@H]1[C@@H](C)[C@H](O)C[C@H]1C(C)C. The van der Waals surface area contributed by atoms with E-state index in [4.69, 9.17) is 4.74 Å². The minimum atomic E-state index is -0.355. The molecular formula is C11H20O3. The zero-order valence-corrected chi connectivity index (χ0v) is 9.36. The molecule has 3 nitrogen and oxygen atoms in total. The standard InChI is InChI=1S/C11H20O3/c1-6(2)8-5-9(12)7(3)10(8)11(13)14-4/h6-10,12H,5H2,1-4H3/t7-,8-,9+,10+/m0/s1. The van der Waals surface area contributed by atoms with Crippen molar-refractivity contribution < 1.29 is 14.6 Å². The topological polar surface area (TPSA) is 46.5 Å². The third-order valence-corrected chi connectivity index (χ3v) is 3.48. The van der Waals surface area contributed by atoms with Crippen LogP contribution in [0.4, 0.5) is 0 Å². The summed E-state index contributed by atoms with van der Waals surface area (Å²) in [6.07, 6.45) is 0.366. The summed E-state index contributed by atoms with van der Waals surface area (Å²) in [5.41, 5.74) is 0. The van der Waals surface area contributed by atoms with Crippen LogP contribution in [-0.4, -0.2) is 24.3 Å². The lowest BCUT2D eigenvalue weighted by Gasteiger charge is -2.22. The lowest BCUT2D eigenvalue weighted by atomic mass is 9.83. The smallest absolute Gasteiger partial charge is 0.309 e. The maximum Gasteiger partial charge on any atom is 0.309 e. The molecule has 0 spiro atoms. The van der Waals surface area contributed by atoms with Crippen molar-refractivity contribution in [2.45, 2.75) is 33.3 Å². The summed E-state index contributed by atoms with van der Waals surface area (Å²) in [6, 6.07) is 0. The fourth-order valence-electron chi connectivity index (χ4n) is 2.48. The van der Waals surface area contributed by atoms with Gasteiger partial charge in [0, 0.05) is 0 Å². The van der Waals surface area contributed by atoms with Gasteiger partial charge < -0.3 is 9.84 Å². The van der Waals surface area contributed by atoms with Crippen molar-refractivity contribution in [2.75, 3.05) is 7.11 Å². The summed E-state index contributed by atoms with van der Waals surface area (Å²) in [7, 11) is 1.41. The lowest BCUT2D eigenvalue weighted by Crippen LogP contribution is -2.28. The Morgan fingerprint density at radius 2 is 2.07 bits per heavy atom. The van der Waals surface area contributed by atoms with E-state index < -0.39 is 0 Å². The Balaban J connectivity index is 2.81. The molecule has 0 unspecified atom stereocenters. The Hall–Kier alpha value is -0.570. The predicted molar refractivity (Wildman–Crippen MR) is 53.6 cm³/mol. The Morgan fingerprint density at radius 3 is 2.50 bits per heavy atom. The maximum atomic E-state index is 11.6. The summed E-state index contributed by atoms with van der Waals surface area (Å²) in [5.74, 6) is 0.392. The highest BCUT2D eigenvalue weighted by Crippen LogP contribution is 2.41. The lowest BCUT2D eigenvalue weighted by molar-refractivity contribution is -0.149. The Morgan fingerprint density at radius 1 is 1.50 bits per heavy atom. The molecule has 1 saturated carbocycles. The van der Waals surface area contributed by atoms with E-state index in [-0.39, 0.29) is 29.8 Å². The zero-order chi connectivity index (χ0) is 10.9. The second-order valence-electron chi connectivity index (χ2n) is 4.62. The molecule has 0 heterocycles. The van der Waals surface area contributed by atoms with Crippen molar-refractivity contribution in [3.05, 3.63) is 0 Å². The largest absolute Gasteiger partial charge is 0.469 e. The van der Waals surface area contributed by atoms with Gasteiger partial charge in [0.2, 0.25) is 0 Å². The Bertz CT molecular complexity index is 213. The summed E-state index contributed by atoms with van der Waals surface area (Å²) in [4.78, 5) is 11.6. The Labute approximate surface area is 85.5 Å². The molecule has 1 aliphatic carbocycles. The quantitative estimate of drug-likeness (QED) is 0.686. The first-order chi connectivity index (χ1) is 6.49. The minimum absolute atomic E-state index is 0.0230. The number of esters is 1. The van der Waals surface area contributed by atoms with Gasteiger partial charge in [-0.25, -0.2) is 0 Å². The number of carbonyl (C=O) groups excluding carboxylic acids is 1. The van der Waals surface area contributed by atoms with Gasteiger partial charge in [-0.2, -0.15) is 0 Å². The van der Waals surface area contributed by atoms with E-state index in [1.165, 1.54) is 7.11 Å². The molecule has 4 atom stereocenters. The molecular weight excluding hydrogens is 180 g/mol. The molecule has 0 amide bonds. The van der Waals surface area contributed by atoms with Crippen molar-refractivity contribution in [3.8, 4) is 0 Å². The summed E-state index contributed by atoms with van der Waals surface area (Å²) in [5, 5.41) is 9.72. The third-order valence-electron chi connectivity index (χ3n) is 3.48. The van der Waals surface area contributed by atoms with E-state index in [0.29, 0.717) is 5.92 Å². The van der Waals surface area contributed by atoms with Gasteiger partial charge in [0.1, 0.15) is 0 Å². The first-order valence-corrected chi connectivity index (χ1v) is 5.25. The predicted octanol–water partition coefficient (Wildman–Crippen LogP) is 1.45. The van der Waals surface area contributed by atoms with Gasteiger partial charge in [0.25, 0.3) is 0 Å². The van der Waals surface area contributed by atoms with E-state index in [1.807, 2.05) is 6.92 Å². The maximum absolute atomic E-state index is 11.6. The van der Waals surface area contributed by atoms with Crippen LogP contribution in [-0.2, 0) is 9.53 Å². The van der Waals surface area contributed by atoms with Crippen molar-refractivity contribution >= 4 is 5.97 Å². The van der Waals surface area contributed by atoms with Gasteiger partial charge in [-0.05, 0) is 24.2 Å². The number of hydrogen-bond acceptors (Lipinski definition) is 3. The van der Waals surface area contributed by atoms with E-state index in [2.05, 4.69) is 13.8 Å². The number of aliphatic hydroxyl groups excluding tert-OH is 1. The molecule has 1 aliphatic rings. The van der Waals surface area contributed by atoms with Crippen LogP contribution in [0.2, 0.25) is 0 Å². The molecule has 0 aromatic heterocycles. The molecule has 0 aromatic rings. The van der Waals surface area contributed by atoms with Crippen molar-refractivity contribution in [2.24, 2.45) is 23.7 Å². The fourth-order valence-corrected chi connectivity index (χ4v) is 2.48. The van der Waals surface area contributed by atoms with Crippen LogP contribution in [0.5, 0.6) is 0 Å². The molecule has 14 heavy (non-hydrogen) atoms. The number of hydrogen-bond donors (Lipinski definition) is 1. The van der Waals surface area contributed by atoms with Crippen LogP contribution in [0.1, 0.15) is 27.2 Å². The second kappa shape index (κ2) is 4.30. The average molecular weight is 200 g/mol. The van der Waals surface area contributed by atoms with E-state index in [9.17, 15) is 9.90 Å². The molecule has 1 N–H and O–H groups in total. The van der Waals surface area contributed by atoms with Crippen LogP contribution in [0.15, 0.2) is 0 Å².